The van der Waals surface area contributed by atoms with Gasteiger partial charge in [-0.2, -0.15) is 0 Å². The molecule has 0 radical (unpaired) electrons. The van der Waals surface area contributed by atoms with Gasteiger partial charge in [0.05, 0.1) is 17.3 Å². The highest BCUT2D eigenvalue weighted by Crippen LogP contribution is 2.24. The highest BCUT2D eigenvalue weighted by Gasteiger charge is 2.06. The number of aromatic nitrogens is 1. The third-order valence-corrected chi connectivity index (χ3v) is 3.87. The summed E-state index contributed by atoms with van der Waals surface area (Å²) in [5.74, 6) is 1.17. The third-order valence-electron chi connectivity index (χ3n) is 2.73. The van der Waals surface area contributed by atoms with Crippen molar-refractivity contribution >= 4 is 27.5 Å². The van der Waals surface area contributed by atoms with Crippen molar-refractivity contribution in [2.24, 2.45) is 5.92 Å². The Bertz CT molecular complexity index is 533. The molecule has 0 bridgehead atoms. The molecule has 2 nitrogen and oxygen atoms in total. The van der Waals surface area contributed by atoms with E-state index in [-0.39, 0.29) is 0 Å². The summed E-state index contributed by atoms with van der Waals surface area (Å²) in [7, 11) is 0. The van der Waals surface area contributed by atoms with E-state index in [4.69, 9.17) is 16.3 Å². The van der Waals surface area contributed by atoms with Gasteiger partial charge in [0.25, 0.3) is 0 Å². The Morgan fingerprint density at radius 2 is 2.05 bits per heavy atom. The van der Waals surface area contributed by atoms with Gasteiger partial charge in [-0.3, -0.25) is 0 Å². The van der Waals surface area contributed by atoms with Crippen LogP contribution in [0.15, 0.2) is 47.1 Å². The molecular weight excluding hydrogens is 326 g/mol. The molecule has 1 aromatic heterocycles. The maximum atomic E-state index is 5.84. The van der Waals surface area contributed by atoms with Crippen LogP contribution in [0.5, 0.6) is 5.75 Å². The molecule has 0 spiro atoms. The van der Waals surface area contributed by atoms with E-state index in [1.165, 1.54) is 5.56 Å². The average Bonchev–Trinajstić information content (AvgIpc) is 2.41. The van der Waals surface area contributed by atoms with Gasteiger partial charge < -0.3 is 4.74 Å². The molecule has 0 aliphatic carbocycles. The van der Waals surface area contributed by atoms with Crippen molar-refractivity contribution in [3.63, 3.8) is 0 Å². The molecule has 0 aliphatic heterocycles. The van der Waals surface area contributed by atoms with Crippen LogP contribution in [0.2, 0.25) is 5.15 Å². The zero-order valence-electron chi connectivity index (χ0n) is 10.6. The standard InChI is InChI=1S/C15H15BrClNO/c1-11(7-12-5-3-2-4-6-12)10-19-13-8-14(16)15(17)18-9-13/h2-6,8-9,11H,7,10H2,1H3/t11-/m0/s1. The van der Waals surface area contributed by atoms with Gasteiger partial charge in [0.1, 0.15) is 10.9 Å². The first-order valence-corrected chi connectivity index (χ1v) is 7.30. The van der Waals surface area contributed by atoms with Gasteiger partial charge in [0.15, 0.2) is 0 Å². The summed E-state index contributed by atoms with van der Waals surface area (Å²) in [4.78, 5) is 4.03. The lowest BCUT2D eigenvalue weighted by Crippen LogP contribution is -2.11. The molecule has 0 fully saturated rings. The first-order valence-electron chi connectivity index (χ1n) is 6.13. The highest BCUT2D eigenvalue weighted by atomic mass is 79.9. The second-order valence-corrected chi connectivity index (χ2v) is 5.76. The third kappa shape index (κ3) is 4.51. The Morgan fingerprint density at radius 1 is 1.32 bits per heavy atom. The van der Waals surface area contributed by atoms with Crippen LogP contribution in [0.3, 0.4) is 0 Å². The monoisotopic (exact) mass is 339 g/mol. The van der Waals surface area contributed by atoms with Crippen molar-refractivity contribution < 1.29 is 4.74 Å². The Kier molecular flexibility index (Phi) is 5.23. The van der Waals surface area contributed by atoms with E-state index in [1.807, 2.05) is 12.1 Å². The second kappa shape index (κ2) is 6.92. The molecule has 0 N–H and O–H groups in total. The minimum atomic E-state index is 0.442. The van der Waals surface area contributed by atoms with Crippen molar-refractivity contribution in [1.82, 2.24) is 4.98 Å². The van der Waals surface area contributed by atoms with Gasteiger partial charge >= 0.3 is 0 Å². The predicted octanol–water partition coefficient (Wildman–Crippen LogP) is 4.76. The SMILES string of the molecule is C[C@H](COc1cnc(Cl)c(Br)c1)Cc1ccccc1. The summed E-state index contributed by atoms with van der Waals surface area (Å²) < 4.78 is 6.48. The lowest BCUT2D eigenvalue weighted by atomic mass is 10.0. The van der Waals surface area contributed by atoms with Crippen LogP contribution in [0.4, 0.5) is 0 Å². The number of halogens is 2. The van der Waals surface area contributed by atoms with Gasteiger partial charge in [-0.25, -0.2) is 4.98 Å². The van der Waals surface area contributed by atoms with Crippen LogP contribution in [0, 0.1) is 5.92 Å². The maximum absolute atomic E-state index is 5.84. The van der Waals surface area contributed by atoms with Crippen LogP contribution in [-0.4, -0.2) is 11.6 Å². The minimum absolute atomic E-state index is 0.442. The smallest absolute Gasteiger partial charge is 0.143 e. The zero-order chi connectivity index (χ0) is 13.7. The predicted molar refractivity (Wildman–Crippen MR) is 81.8 cm³/mol. The Labute approximate surface area is 126 Å². The lowest BCUT2D eigenvalue weighted by Gasteiger charge is -2.13. The summed E-state index contributed by atoms with van der Waals surface area (Å²) in [6.45, 7) is 2.83. The Hall–Kier alpha value is -1.06. The minimum Gasteiger partial charge on any atom is -0.492 e. The topological polar surface area (TPSA) is 22.1 Å². The molecule has 2 aromatic rings. The van der Waals surface area contributed by atoms with Crippen molar-refractivity contribution in [3.8, 4) is 5.75 Å². The molecule has 1 aromatic carbocycles. The number of pyridine rings is 1. The summed E-state index contributed by atoms with van der Waals surface area (Å²) >= 11 is 9.17. The highest BCUT2D eigenvalue weighted by molar-refractivity contribution is 9.10. The average molecular weight is 341 g/mol. The first-order chi connectivity index (χ1) is 9.15. The van der Waals surface area contributed by atoms with Crippen LogP contribution < -0.4 is 4.74 Å². The molecular formula is C15H15BrClNO. The number of hydrogen-bond donors (Lipinski definition) is 0. The van der Waals surface area contributed by atoms with Crippen LogP contribution in [0.1, 0.15) is 12.5 Å². The van der Waals surface area contributed by atoms with Gasteiger partial charge in [-0.05, 0) is 39.9 Å². The van der Waals surface area contributed by atoms with Crippen LogP contribution >= 0.6 is 27.5 Å². The Morgan fingerprint density at radius 3 is 2.74 bits per heavy atom. The molecule has 0 saturated heterocycles. The van der Waals surface area contributed by atoms with E-state index in [2.05, 4.69) is 52.1 Å². The van der Waals surface area contributed by atoms with Gasteiger partial charge in [-0.15, -0.1) is 0 Å². The zero-order valence-corrected chi connectivity index (χ0v) is 13.0. The second-order valence-electron chi connectivity index (χ2n) is 4.55. The summed E-state index contributed by atoms with van der Waals surface area (Å²) in [5.41, 5.74) is 1.33. The van der Waals surface area contributed by atoms with Crippen molar-refractivity contribution in [3.05, 3.63) is 57.8 Å². The summed E-state index contributed by atoms with van der Waals surface area (Å²) in [6.07, 6.45) is 2.64. The molecule has 4 heteroatoms. The molecule has 0 amide bonds. The Balaban J connectivity index is 1.86. The fourth-order valence-electron chi connectivity index (χ4n) is 1.80. The molecule has 0 unspecified atom stereocenters. The lowest BCUT2D eigenvalue weighted by molar-refractivity contribution is 0.258. The number of rotatable bonds is 5. The van der Waals surface area contributed by atoms with Gasteiger partial charge in [-0.1, -0.05) is 48.9 Å². The molecule has 19 heavy (non-hydrogen) atoms. The fourth-order valence-corrected chi connectivity index (χ4v) is 2.23. The number of benzene rings is 1. The van der Waals surface area contributed by atoms with E-state index >= 15 is 0 Å². The van der Waals surface area contributed by atoms with E-state index in [9.17, 15) is 0 Å². The van der Waals surface area contributed by atoms with Crippen LogP contribution in [0.25, 0.3) is 0 Å². The summed E-state index contributed by atoms with van der Waals surface area (Å²) in [5, 5.41) is 0.449. The van der Waals surface area contributed by atoms with Crippen molar-refractivity contribution in [2.75, 3.05) is 6.61 Å². The molecule has 0 saturated carbocycles. The number of hydrogen-bond acceptors (Lipinski definition) is 2. The molecule has 1 atom stereocenters. The molecule has 1 heterocycles. The van der Waals surface area contributed by atoms with E-state index in [0.717, 1.165) is 16.6 Å². The molecule has 2 rings (SSSR count). The van der Waals surface area contributed by atoms with E-state index < -0.39 is 0 Å². The normalized spacial score (nSPS) is 12.2. The molecule has 100 valence electrons. The van der Waals surface area contributed by atoms with Crippen molar-refractivity contribution in [2.45, 2.75) is 13.3 Å². The molecule has 0 aliphatic rings. The van der Waals surface area contributed by atoms with Gasteiger partial charge in [0, 0.05) is 0 Å². The largest absolute Gasteiger partial charge is 0.492 e. The van der Waals surface area contributed by atoms with E-state index in [0.29, 0.717) is 17.7 Å². The van der Waals surface area contributed by atoms with E-state index in [1.54, 1.807) is 6.20 Å². The fraction of sp³-hybridized carbons (Fsp3) is 0.267. The van der Waals surface area contributed by atoms with Crippen molar-refractivity contribution in [1.29, 1.82) is 0 Å². The first kappa shape index (κ1) is 14.4. The summed E-state index contributed by atoms with van der Waals surface area (Å²) in [6, 6.07) is 12.3. The number of ether oxygens (including phenoxy) is 1. The maximum Gasteiger partial charge on any atom is 0.143 e. The quantitative estimate of drug-likeness (QED) is 0.732. The van der Waals surface area contributed by atoms with Gasteiger partial charge in [0.2, 0.25) is 0 Å². The van der Waals surface area contributed by atoms with Crippen LogP contribution in [-0.2, 0) is 6.42 Å². The number of nitrogens with zero attached hydrogens (tertiary/aromatic N) is 1.